The predicted octanol–water partition coefficient (Wildman–Crippen LogP) is 1.72. The summed E-state index contributed by atoms with van der Waals surface area (Å²) in [5, 5.41) is 7.15. The summed E-state index contributed by atoms with van der Waals surface area (Å²) in [4.78, 5) is 0. The van der Waals surface area contributed by atoms with Crippen LogP contribution in [0.4, 0.5) is 0 Å². The van der Waals surface area contributed by atoms with Gasteiger partial charge in [0.2, 0.25) is 0 Å². The molecule has 0 rings (SSSR count). The van der Waals surface area contributed by atoms with E-state index in [0.717, 1.165) is 5.71 Å². The molecule has 0 saturated carbocycles. The van der Waals surface area contributed by atoms with E-state index < -0.39 is 0 Å². The van der Waals surface area contributed by atoms with Crippen LogP contribution in [0, 0.1) is 5.92 Å². The maximum Gasteiger partial charge on any atom is 0.0400 e. The summed E-state index contributed by atoms with van der Waals surface area (Å²) in [6.07, 6.45) is 0. The topological polar surface area (TPSA) is 24.7 Å². The van der Waals surface area contributed by atoms with Crippen LogP contribution < -0.4 is 0 Å². The third kappa shape index (κ3) is 2.50. The molecular weight excluding hydrogens is 100 g/mol. The van der Waals surface area contributed by atoms with Crippen molar-refractivity contribution in [2.75, 3.05) is 0 Å². The number of hydrogen-bond donors (Lipinski definition) is 0. The maximum absolute atomic E-state index is 3.75. The molecule has 2 nitrogen and oxygen atoms in total. The zero-order valence-corrected chi connectivity index (χ0v) is 5.68. The molecule has 0 radical (unpaired) electrons. The van der Waals surface area contributed by atoms with Gasteiger partial charge in [0.15, 0.2) is 0 Å². The van der Waals surface area contributed by atoms with Crippen LogP contribution in [0.15, 0.2) is 10.2 Å². The predicted molar refractivity (Wildman–Crippen MR) is 37.5 cm³/mol. The zero-order valence-electron chi connectivity index (χ0n) is 5.68. The van der Waals surface area contributed by atoms with Gasteiger partial charge in [-0.2, -0.15) is 10.2 Å². The van der Waals surface area contributed by atoms with E-state index in [2.05, 4.69) is 30.8 Å². The normalized spacial score (nSPS) is 12.2. The van der Waals surface area contributed by atoms with Gasteiger partial charge in [0.25, 0.3) is 0 Å². The maximum atomic E-state index is 3.75. The monoisotopic (exact) mass is 112 g/mol. The summed E-state index contributed by atoms with van der Waals surface area (Å²) >= 11 is 0. The van der Waals surface area contributed by atoms with Gasteiger partial charge in [-0.25, -0.2) is 0 Å². The summed E-state index contributed by atoms with van der Waals surface area (Å²) in [5.74, 6) is 0.487. The molecule has 0 saturated heterocycles. The van der Waals surface area contributed by atoms with Gasteiger partial charge in [0.05, 0.1) is 0 Å². The molecule has 0 heterocycles. The van der Waals surface area contributed by atoms with Gasteiger partial charge in [0.1, 0.15) is 0 Å². The minimum Gasteiger partial charge on any atom is -0.167 e. The van der Waals surface area contributed by atoms with E-state index in [1.807, 2.05) is 6.92 Å². The fraction of sp³-hybridized carbons (Fsp3) is 0.667. The first kappa shape index (κ1) is 7.34. The number of rotatable bonds is 2. The van der Waals surface area contributed by atoms with Gasteiger partial charge < -0.3 is 0 Å². The average molecular weight is 112 g/mol. The zero-order chi connectivity index (χ0) is 6.57. The van der Waals surface area contributed by atoms with Crippen LogP contribution >= 0.6 is 0 Å². The fourth-order valence-electron chi connectivity index (χ4n) is 0.227. The Morgan fingerprint density at radius 3 is 2.12 bits per heavy atom. The highest BCUT2D eigenvalue weighted by Gasteiger charge is 1.94. The molecule has 0 aliphatic rings. The second-order valence-corrected chi connectivity index (χ2v) is 2.04. The quantitative estimate of drug-likeness (QED) is 0.384. The van der Waals surface area contributed by atoms with Crippen LogP contribution in [-0.4, -0.2) is 12.4 Å². The molecule has 0 spiro atoms. The SMILES string of the molecule is C=N/N=C(/C)C(C)C. The minimum absolute atomic E-state index is 0.487. The lowest BCUT2D eigenvalue weighted by Crippen LogP contribution is -1.99. The number of hydrogen-bond acceptors (Lipinski definition) is 2. The Labute approximate surface area is 50.3 Å². The van der Waals surface area contributed by atoms with Gasteiger partial charge in [0, 0.05) is 12.4 Å². The molecule has 0 N–H and O–H groups in total. The lowest BCUT2D eigenvalue weighted by Gasteiger charge is -1.98. The van der Waals surface area contributed by atoms with E-state index in [9.17, 15) is 0 Å². The van der Waals surface area contributed by atoms with Crippen molar-refractivity contribution < 1.29 is 0 Å². The molecule has 0 bridgehead atoms. The summed E-state index contributed by atoms with van der Waals surface area (Å²) in [7, 11) is 0. The van der Waals surface area contributed by atoms with E-state index >= 15 is 0 Å². The summed E-state index contributed by atoms with van der Waals surface area (Å²) in [5.41, 5.74) is 1.03. The van der Waals surface area contributed by atoms with Crippen molar-refractivity contribution in [2.45, 2.75) is 20.8 Å². The molecular formula is C6H12N2. The number of nitrogens with zero attached hydrogens (tertiary/aromatic N) is 2. The van der Waals surface area contributed by atoms with Gasteiger partial charge in [-0.05, 0) is 12.8 Å². The highest BCUT2D eigenvalue weighted by Crippen LogP contribution is 1.94. The van der Waals surface area contributed by atoms with Crippen molar-refractivity contribution in [3.05, 3.63) is 0 Å². The highest BCUT2D eigenvalue weighted by molar-refractivity contribution is 5.83. The van der Waals surface area contributed by atoms with Crippen molar-refractivity contribution >= 4 is 12.4 Å². The van der Waals surface area contributed by atoms with E-state index in [0.29, 0.717) is 5.92 Å². The molecule has 0 aromatic carbocycles. The van der Waals surface area contributed by atoms with Crippen molar-refractivity contribution in [1.82, 2.24) is 0 Å². The van der Waals surface area contributed by atoms with Gasteiger partial charge >= 0.3 is 0 Å². The molecule has 0 aromatic heterocycles. The molecule has 2 heteroatoms. The molecule has 8 heavy (non-hydrogen) atoms. The van der Waals surface area contributed by atoms with E-state index in [-0.39, 0.29) is 0 Å². The van der Waals surface area contributed by atoms with Crippen LogP contribution in [0.5, 0.6) is 0 Å². The van der Waals surface area contributed by atoms with E-state index in [1.165, 1.54) is 0 Å². The Hall–Kier alpha value is -0.660. The van der Waals surface area contributed by atoms with Crippen molar-refractivity contribution in [3.63, 3.8) is 0 Å². The van der Waals surface area contributed by atoms with Crippen LogP contribution in [0.1, 0.15) is 20.8 Å². The first-order valence-corrected chi connectivity index (χ1v) is 2.68. The van der Waals surface area contributed by atoms with E-state index in [4.69, 9.17) is 0 Å². The molecule has 0 amide bonds. The fourth-order valence-corrected chi connectivity index (χ4v) is 0.227. The van der Waals surface area contributed by atoms with Gasteiger partial charge in [-0.1, -0.05) is 13.8 Å². The lowest BCUT2D eigenvalue weighted by molar-refractivity contribution is 0.870. The van der Waals surface area contributed by atoms with Crippen molar-refractivity contribution in [2.24, 2.45) is 16.1 Å². The van der Waals surface area contributed by atoms with Crippen molar-refractivity contribution in [3.8, 4) is 0 Å². The van der Waals surface area contributed by atoms with Gasteiger partial charge in [-0.15, -0.1) is 0 Å². The van der Waals surface area contributed by atoms with Crippen LogP contribution in [0.3, 0.4) is 0 Å². The lowest BCUT2D eigenvalue weighted by atomic mass is 10.1. The van der Waals surface area contributed by atoms with Crippen molar-refractivity contribution in [1.29, 1.82) is 0 Å². The first-order valence-electron chi connectivity index (χ1n) is 2.68. The van der Waals surface area contributed by atoms with Gasteiger partial charge in [-0.3, -0.25) is 0 Å². The smallest absolute Gasteiger partial charge is 0.0400 e. The third-order valence-electron chi connectivity index (χ3n) is 1.06. The highest BCUT2D eigenvalue weighted by atomic mass is 15.2. The molecule has 0 atom stereocenters. The van der Waals surface area contributed by atoms with Crippen LogP contribution in [0.25, 0.3) is 0 Å². The average Bonchev–Trinajstić information content (AvgIpc) is 1.67. The third-order valence-corrected chi connectivity index (χ3v) is 1.06. The summed E-state index contributed by atoms with van der Waals surface area (Å²) < 4.78 is 0. The van der Waals surface area contributed by atoms with E-state index in [1.54, 1.807) is 0 Å². The second kappa shape index (κ2) is 3.36. The summed E-state index contributed by atoms with van der Waals surface area (Å²) in [6, 6.07) is 0. The van der Waals surface area contributed by atoms with Crippen LogP contribution in [0.2, 0.25) is 0 Å². The molecule has 0 aliphatic carbocycles. The van der Waals surface area contributed by atoms with Crippen LogP contribution in [-0.2, 0) is 0 Å². The minimum atomic E-state index is 0.487. The largest absolute Gasteiger partial charge is 0.167 e. The molecule has 0 aromatic rings. The molecule has 46 valence electrons. The Bertz CT molecular complexity index is 103. The Balaban J connectivity index is 3.78. The molecule has 0 unspecified atom stereocenters. The standard InChI is InChI=1S/C6H12N2/c1-5(2)6(3)8-7-4/h5H,4H2,1-3H3/b8-6-. The molecule has 0 fully saturated rings. The Kier molecular flexibility index (Phi) is 3.08. The molecule has 0 aliphatic heterocycles. The summed E-state index contributed by atoms with van der Waals surface area (Å²) in [6.45, 7) is 9.34. The second-order valence-electron chi connectivity index (χ2n) is 2.04. The Morgan fingerprint density at radius 1 is 1.50 bits per heavy atom. The Morgan fingerprint density at radius 2 is 2.00 bits per heavy atom. The first-order chi connectivity index (χ1) is 3.68.